The number of rotatable bonds is 6. The second-order valence-electron chi connectivity index (χ2n) is 2.03. The fourth-order valence-electron chi connectivity index (χ4n) is 0.711. The topological polar surface area (TPSA) is 27.7 Å². The lowest BCUT2D eigenvalue weighted by Crippen LogP contribution is -2.20. The Bertz CT molecular complexity index is 104. The second kappa shape index (κ2) is 6.19. The van der Waals surface area contributed by atoms with Gasteiger partial charge >= 0.3 is 0 Å². The van der Waals surface area contributed by atoms with E-state index < -0.39 is 0 Å². The van der Waals surface area contributed by atoms with E-state index in [1.54, 1.807) is 6.92 Å². The molecule has 0 aliphatic heterocycles. The number of hydrogen-bond acceptors (Lipinski definition) is 3. The van der Waals surface area contributed by atoms with Crippen molar-refractivity contribution in [2.24, 2.45) is 0 Å². The smallest absolute Gasteiger partial charge is 0.198 e. The molecular weight excluding hydrogens is 144 g/mol. The van der Waals surface area contributed by atoms with Crippen LogP contribution in [0.3, 0.4) is 0 Å². The van der Waals surface area contributed by atoms with Crippen LogP contribution in [0.15, 0.2) is 12.8 Å². The summed E-state index contributed by atoms with van der Waals surface area (Å²) in [4.78, 5) is 0. The summed E-state index contributed by atoms with van der Waals surface area (Å²) in [6.45, 7) is 9.58. The zero-order valence-electron chi connectivity index (χ0n) is 7.37. The minimum atomic E-state index is -0.297. The Morgan fingerprint density at radius 2 is 2.00 bits per heavy atom. The third-order valence-electron chi connectivity index (χ3n) is 1.07. The summed E-state index contributed by atoms with van der Waals surface area (Å²) in [5.74, 6) is 0. The maximum Gasteiger partial charge on any atom is 0.198 e. The van der Waals surface area contributed by atoms with Crippen LogP contribution in [0.5, 0.6) is 0 Å². The molecule has 0 radical (unpaired) electrons. The molecule has 2 atom stereocenters. The van der Waals surface area contributed by atoms with Crippen LogP contribution < -0.4 is 0 Å². The van der Waals surface area contributed by atoms with Crippen molar-refractivity contribution in [1.82, 2.24) is 0 Å². The Morgan fingerprint density at radius 3 is 2.45 bits per heavy atom. The second-order valence-corrected chi connectivity index (χ2v) is 2.03. The summed E-state index contributed by atoms with van der Waals surface area (Å²) in [6.07, 6.45) is 0.826. The van der Waals surface area contributed by atoms with Gasteiger partial charge in [0.05, 0.1) is 6.26 Å². The Hall–Kier alpha value is -0.540. The predicted octanol–water partition coefficient (Wildman–Crippen LogP) is 1.89. The van der Waals surface area contributed by atoms with Gasteiger partial charge in [-0.25, -0.2) is 0 Å². The fourth-order valence-corrected chi connectivity index (χ4v) is 0.711. The lowest BCUT2D eigenvalue weighted by molar-refractivity contribution is -0.213. The molecule has 0 N–H and O–H groups in total. The molecule has 0 aliphatic carbocycles. The van der Waals surface area contributed by atoms with E-state index in [2.05, 4.69) is 6.58 Å². The van der Waals surface area contributed by atoms with Gasteiger partial charge in [-0.3, -0.25) is 0 Å². The molecule has 0 bridgehead atoms. The van der Waals surface area contributed by atoms with E-state index in [1.165, 1.54) is 6.26 Å². The van der Waals surface area contributed by atoms with E-state index in [0.717, 1.165) is 0 Å². The average Bonchev–Trinajstić information content (AvgIpc) is 1.87. The summed E-state index contributed by atoms with van der Waals surface area (Å²) in [7, 11) is 0. The van der Waals surface area contributed by atoms with E-state index >= 15 is 0 Å². The zero-order chi connectivity index (χ0) is 8.69. The Morgan fingerprint density at radius 1 is 1.36 bits per heavy atom. The number of hydrogen-bond donors (Lipinski definition) is 0. The average molecular weight is 160 g/mol. The van der Waals surface area contributed by atoms with Crippen molar-refractivity contribution in [3.63, 3.8) is 0 Å². The van der Waals surface area contributed by atoms with Gasteiger partial charge in [0.2, 0.25) is 0 Å². The van der Waals surface area contributed by atoms with Crippen molar-refractivity contribution < 1.29 is 14.2 Å². The van der Waals surface area contributed by atoms with Gasteiger partial charge in [-0.15, -0.1) is 0 Å². The molecule has 0 aliphatic rings. The van der Waals surface area contributed by atoms with Crippen molar-refractivity contribution in [3.05, 3.63) is 12.8 Å². The third kappa shape index (κ3) is 5.88. The first kappa shape index (κ1) is 10.5. The quantitative estimate of drug-likeness (QED) is 0.438. The Labute approximate surface area is 67.9 Å². The van der Waals surface area contributed by atoms with Crippen molar-refractivity contribution in [3.8, 4) is 0 Å². The maximum absolute atomic E-state index is 5.22. The molecule has 0 spiro atoms. The summed E-state index contributed by atoms with van der Waals surface area (Å²) in [5, 5.41) is 0. The Balaban J connectivity index is 3.39. The monoisotopic (exact) mass is 160 g/mol. The van der Waals surface area contributed by atoms with Crippen LogP contribution in [0.25, 0.3) is 0 Å². The molecule has 0 rings (SSSR count). The predicted molar refractivity (Wildman–Crippen MR) is 42.9 cm³/mol. The Kier molecular flexibility index (Phi) is 5.88. The first-order valence-corrected chi connectivity index (χ1v) is 3.74. The molecule has 0 aromatic rings. The summed E-state index contributed by atoms with van der Waals surface area (Å²) in [5.41, 5.74) is 0. The van der Waals surface area contributed by atoms with Crippen molar-refractivity contribution in [2.45, 2.75) is 33.4 Å². The summed E-state index contributed by atoms with van der Waals surface area (Å²) < 4.78 is 15.3. The highest BCUT2D eigenvalue weighted by molar-refractivity contribution is 4.49. The van der Waals surface area contributed by atoms with E-state index in [4.69, 9.17) is 14.2 Å². The van der Waals surface area contributed by atoms with Gasteiger partial charge in [0.25, 0.3) is 0 Å². The molecule has 11 heavy (non-hydrogen) atoms. The van der Waals surface area contributed by atoms with E-state index in [1.807, 2.05) is 13.8 Å². The van der Waals surface area contributed by atoms with Crippen LogP contribution in [0.2, 0.25) is 0 Å². The molecule has 0 aromatic heterocycles. The van der Waals surface area contributed by atoms with Crippen molar-refractivity contribution >= 4 is 0 Å². The highest BCUT2D eigenvalue weighted by Crippen LogP contribution is 2.00. The van der Waals surface area contributed by atoms with Gasteiger partial charge in [-0.2, -0.15) is 0 Å². The van der Waals surface area contributed by atoms with E-state index in [-0.39, 0.29) is 12.6 Å². The van der Waals surface area contributed by atoms with Crippen LogP contribution in [-0.2, 0) is 14.2 Å². The molecule has 0 saturated carbocycles. The summed E-state index contributed by atoms with van der Waals surface area (Å²) in [6, 6.07) is 0. The van der Waals surface area contributed by atoms with Crippen molar-refractivity contribution in [2.75, 3.05) is 6.61 Å². The van der Waals surface area contributed by atoms with Gasteiger partial charge in [0, 0.05) is 6.61 Å². The first-order chi connectivity index (χ1) is 5.20. The minimum Gasteiger partial charge on any atom is -0.473 e. The number of ether oxygens (including phenoxy) is 3. The lowest BCUT2D eigenvalue weighted by atomic mass is 10.7. The van der Waals surface area contributed by atoms with Crippen LogP contribution in [0.4, 0.5) is 0 Å². The standard InChI is InChI=1S/C8H16O3/c1-5-9-7(3)11-8(4)10-6-2/h5,7-8H,1,6H2,2-4H3. The molecule has 3 heteroatoms. The van der Waals surface area contributed by atoms with Gasteiger partial charge in [0.15, 0.2) is 12.6 Å². The molecule has 3 nitrogen and oxygen atoms in total. The molecule has 2 unspecified atom stereocenters. The molecule has 0 saturated heterocycles. The van der Waals surface area contributed by atoms with Crippen LogP contribution in [0, 0.1) is 0 Å². The molecule has 0 fully saturated rings. The maximum atomic E-state index is 5.22. The first-order valence-electron chi connectivity index (χ1n) is 3.74. The van der Waals surface area contributed by atoms with Gasteiger partial charge in [-0.1, -0.05) is 6.58 Å². The molecule has 0 aromatic carbocycles. The van der Waals surface area contributed by atoms with Crippen LogP contribution in [0.1, 0.15) is 20.8 Å². The van der Waals surface area contributed by atoms with Crippen LogP contribution in [-0.4, -0.2) is 19.2 Å². The zero-order valence-corrected chi connectivity index (χ0v) is 7.37. The summed E-state index contributed by atoms with van der Waals surface area (Å²) >= 11 is 0. The van der Waals surface area contributed by atoms with E-state index in [0.29, 0.717) is 6.61 Å². The third-order valence-corrected chi connectivity index (χ3v) is 1.07. The largest absolute Gasteiger partial charge is 0.473 e. The minimum absolute atomic E-state index is 0.227. The lowest BCUT2D eigenvalue weighted by Gasteiger charge is -2.17. The molecular formula is C8H16O3. The molecule has 0 heterocycles. The van der Waals surface area contributed by atoms with Crippen LogP contribution >= 0.6 is 0 Å². The molecule has 0 amide bonds. The highest BCUT2D eigenvalue weighted by Gasteiger charge is 2.06. The normalized spacial score (nSPS) is 15.5. The van der Waals surface area contributed by atoms with Gasteiger partial charge < -0.3 is 14.2 Å². The highest BCUT2D eigenvalue weighted by atomic mass is 16.8. The van der Waals surface area contributed by atoms with Gasteiger partial charge in [-0.05, 0) is 20.8 Å². The van der Waals surface area contributed by atoms with Crippen molar-refractivity contribution in [1.29, 1.82) is 0 Å². The SMILES string of the molecule is C=COC(C)OC(C)OCC. The van der Waals surface area contributed by atoms with Gasteiger partial charge in [0.1, 0.15) is 0 Å². The fraction of sp³-hybridized carbons (Fsp3) is 0.750. The van der Waals surface area contributed by atoms with E-state index in [9.17, 15) is 0 Å². The molecule has 66 valence electrons.